The van der Waals surface area contributed by atoms with Gasteiger partial charge in [-0.3, -0.25) is 4.79 Å². The molecule has 6 nitrogen and oxygen atoms in total. The normalized spacial score (nSPS) is 12.0. The number of aromatic nitrogens is 1. The highest BCUT2D eigenvalue weighted by Gasteiger charge is 2.22. The molecule has 0 saturated heterocycles. The molecule has 3 rings (SSSR count). The number of pyridine rings is 1. The Bertz CT molecular complexity index is 1270. The van der Waals surface area contributed by atoms with Gasteiger partial charge in [-0.2, -0.15) is 0 Å². The monoisotopic (exact) mass is 459 g/mol. The number of rotatable bonds is 8. The number of aliphatic hydroxyl groups is 1. The molecule has 0 unspecified atom stereocenters. The molecule has 1 atom stereocenters. The van der Waals surface area contributed by atoms with Gasteiger partial charge in [0.15, 0.2) is 0 Å². The number of ether oxygens (including phenoxy) is 1. The highest BCUT2D eigenvalue weighted by Crippen LogP contribution is 2.31. The van der Waals surface area contributed by atoms with Crippen molar-refractivity contribution >= 4 is 28.5 Å². The second kappa shape index (κ2) is 9.54. The van der Waals surface area contributed by atoms with Crippen LogP contribution in [0, 0.1) is 5.82 Å². The molecule has 8 heteroatoms. The first-order valence-corrected chi connectivity index (χ1v) is 10.3. The Morgan fingerprint density at radius 1 is 1.31 bits per heavy atom. The Labute approximate surface area is 189 Å². The molecule has 0 aliphatic heterocycles. The number of hydrogen-bond donors (Lipinski definition) is 2. The molecule has 1 heterocycles. The van der Waals surface area contributed by atoms with Crippen LogP contribution in [0.1, 0.15) is 41.4 Å². The number of carboxylic acid groups (broad SMARTS) is 1. The number of fused-ring (bicyclic) bond motifs is 1. The van der Waals surface area contributed by atoms with Gasteiger partial charge in [0.25, 0.3) is 0 Å². The summed E-state index contributed by atoms with van der Waals surface area (Å²) in [5.41, 5.74) is 0.641. The number of nitrogens with zero attached hydrogens (tertiary/aromatic N) is 1. The smallest absolute Gasteiger partial charge is 0.341 e. The van der Waals surface area contributed by atoms with Gasteiger partial charge in [0.1, 0.15) is 17.1 Å². The lowest BCUT2D eigenvalue weighted by molar-refractivity contribution is 0.0694. The Hall–Kier alpha value is -3.16. The van der Waals surface area contributed by atoms with Gasteiger partial charge in [-0.25, -0.2) is 9.18 Å². The molecular formula is C24H23ClFNO5. The van der Waals surface area contributed by atoms with Crippen LogP contribution >= 0.6 is 11.6 Å². The first-order valence-electron chi connectivity index (χ1n) is 9.96. The van der Waals surface area contributed by atoms with E-state index in [-0.39, 0.29) is 23.4 Å². The second-order valence-corrected chi connectivity index (χ2v) is 7.84. The number of hydrogen-bond acceptors (Lipinski definition) is 4. The van der Waals surface area contributed by atoms with Crippen LogP contribution in [0.15, 0.2) is 53.5 Å². The van der Waals surface area contributed by atoms with E-state index in [1.165, 1.54) is 22.9 Å². The lowest BCUT2D eigenvalue weighted by atomic mass is 9.99. The molecule has 0 aliphatic rings. The Morgan fingerprint density at radius 2 is 2.03 bits per heavy atom. The topological polar surface area (TPSA) is 88.8 Å². The summed E-state index contributed by atoms with van der Waals surface area (Å²) in [7, 11) is 0. The zero-order chi connectivity index (χ0) is 23.6. The summed E-state index contributed by atoms with van der Waals surface area (Å²) in [6.45, 7) is 7.33. The van der Waals surface area contributed by atoms with Gasteiger partial charge in [-0.15, -0.1) is 0 Å². The third-order valence-corrected chi connectivity index (χ3v) is 5.53. The number of aliphatic hydroxyl groups excluding tert-OH is 1. The lowest BCUT2D eigenvalue weighted by Gasteiger charge is -2.23. The molecule has 1 aromatic heterocycles. The first kappa shape index (κ1) is 23.5. The molecule has 168 valence electrons. The second-order valence-electron chi connectivity index (χ2n) is 7.43. The quantitative estimate of drug-likeness (QED) is 0.481. The number of aromatic carboxylic acids is 1. The molecule has 0 fully saturated rings. The maximum absolute atomic E-state index is 14.5. The van der Waals surface area contributed by atoms with E-state index in [0.717, 1.165) is 0 Å². The molecular weight excluding hydrogens is 437 g/mol. The van der Waals surface area contributed by atoms with Crippen LogP contribution in [0.5, 0.6) is 5.75 Å². The van der Waals surface area contributed by atoms with Crippen molar-refractivity contribution in [2.24, 2.45) is 0 Å². The average Bonchev–Trinajstić information content (AvgIpc) is 2.74. The summed E-state index contributed by atoms with van der Waals surface area (Å²) in [4.78, 5) is 24.7. The summed E-state index contributed by atoms with van der Waals surface area (Å²) in [5.74, 6) is -1.55. The fourth-order valence-corrected chi connectivity index (χ4v) is 3.83. The summed E-state index contributed by atoms with van der Waals surface area (Å²) < 4.78 is 21.8. The van der Waals surface area contributed by atoms with E-state index in [2.05, 4.69) is 6.58 Å². The van der Waals surface area contributed by atoms with Crippen LogP contribution in [-0.4, -0.2) is 34.0 Å². The van der Waals surface area contributed by atoms with Crippen molar-refractivity contribution < 1.29 is 24.1 Å². The largest absolute Gasteiger partial charge is 0.494 e. The van der Waals surface area contributed by atoms with Gasteiger partial charge in [0.05, 0.1) is 29.8 Å². The molecule has 2 N–H and O–H groups in total. The van der Waals surface area contributed by atoms with Crippen molar-refractivity contribution in [1.82, 2.24) is 4.57 Å². The van der Waals surface area contributed by atoms with Crippen molar-refractivity contribution in [1.29, 1.82) is 0 Å². The zero-order valence-corrected chi connectivity index (χ0v) is 18.4. The lowest BCUT2D eigenvalue weighted by Crippen LogP contribution is -2.23. The molecule has 0 spiro atoms. The van der Waals surface area contributed by atoms with Crippen molar-refractivity contribution in [3.8, 4) is 5.75 Å². The highest BCUT2D eigenvalue weighted by atomic mass is 35.5. The Balaban J connectivity index is 2.35. The molecule has 0 saturated carbocycles. The fourth-order valence-electron chi connectivity index (χ4n) is 3.63. The average molecular weight is 460 g/mol. The zero-order valence-electron chi connectivity index (χ0n) is 17.7. The van der Waals surface area contributed by atoms with Crippen LogP contribution in [-0.2, 0) is 6.42 Å². The van der Waals surface area contributed by atoms with E-state index < -0.39 is 28.8 Å². The molecule has 0 amide bonds. The Morgan fingerprint density at radius 3 is 2.62 bits per heavy atom. The Kier molecular flexibility index (Phi) is 7.01. The van der Waals surface area contributed by atoms with Gasteiger partial charge in [0.2, 0.25) is 5.43 Å². The van der Waals surface area contributed by atoms with Crippen LogP contribution in [0.25, 0.3) is 10.9 Å². The minimum absolute atomic E-state index is 0.0241. The van der Waals surface area contributed by atoms with E-state index >= 15 is 0 Å². The van der Waals surface area contributed by atoms with Crippen LogP contribution in [0.2, 0.25) is 5.02 Å². The number of halogens is 2. The van der Waals surface area contributed by atoms with Crippen LogP contribution in [0.3, 0.4) is 0 Å². The van der Waals surface area contributed by atoms with Gasteiger partial charge in [-0.05, 0) is 37.1 Å². The summed E-state index contributed by atoms with van der Waals surface area (Å²) >= 11 is 5.90. The highest BCUT2D eigenvalue weighted by molar-refractivity contribution is 6.30. The van der Waals surface area contributed by atoms with Gasteiger partial charge in [0, 0.05) is 24.1 Å². The molecule has 32 heavy (non-hydrogen) atoms. The maximum atomic E-state index is 14.5. The molecule has 3 aromatic rings. The number of carboxylic acids is 1. The van der Waals surface area contributed by atoms with Crippen LogP contribution < -0.4 is 10.2 Å². The van der Waals surface area contributed by atoms with Gasteiger partial charge >= 0.3 is 5.97 Å². The first-order chi connectivity index (χ1) is 15.2. The van der Waals surface area contributed by atoms with Crippen molar-refractivity contribution in [3.05, 3.63) is 86.4 Å². The van der Waals surface area contributed by atoms with E-state index in [0.29, 0.717) is 34.6 Å². The van der Waals surface area contributed by atoms with Crippen molar-refractivity contribution in [2.45, 2.75) is 26.3 Å². The predicted octanol–water partition coefficient (Wildman–Crippen LogP) is 4.59. The van der Waals surface area contributed by atoms with Crippen molar-refractivity contribution in [2.75, 3.05) is 13.2 Å². The molecule has 0 aliphatic carbocycles. The SMILES string of the molecule is C=C(C)[C@@H](CO)n1cc(C(=O)O)c(=O)c2cc(Cc3cccc(Cl)c3F)c(OCC)cc21. The minimum Gasteiger partial charge on any atom is -0.494 e. The van der Waals surface area contributed by atoms with Crippen molar-refractivity contribution in [3.63, 3.8) is 0 Å². The van der Waals surface area contributed by atoms with Gasteiger partial charge < -0.3 is 19.5 Å². The predicted molar refractivity (Wildman–Crippen MR) is 121 cm³/mol. The maximum Gasteiger partial charge on any atom is 0.341 e. The van der Waals surface area contributed by atoms with E-state index in [4.69, 9.17) is 16.3 Å². The van der Waals surface area contributed by atoms with E-state index in [1.54, 1.807) is 32.0 Å². The van der Waals surface area contributed by atoms with Gasteiger partial charge in [-0.1, -0.05) is 35.9 Å². The molecule has 0 bridgehead atoms. The number of benzene rings is 2. The summed E-state index contributed by atoms with van der Waals surface area (Å²) in [6, 6.07) is 7.11. The summed E-state index contributed by atoms with van der Waals surface area (Å²) in [5, 5.41) is 19.6. The number of carbonyl (C=O) groups is 1. The molecule has 2 aromatic carbocycles. The third kappa shape index (κ3) is 4.40. The van der Waals surface area contributed by atoms with Crippen LogP contribution in [0.4, 0.5) is 4.39 Å². The fraction of sp³-hybridized carbons (Fsp3) is 0.250. The third-order valence-electron chi connectivity index (χ3n) is 5.23. The molecule has 0 radical (unpaired) electrons. The summed E-state index contributed by atoms with van der Waals surface area (Å²) in [6.07, 6.45) is 1.28. The standard InChI is InChI=1S/C24H23ClFNO5/c1-4-32-21-10-19-16(9-15(21)8-14-6-5-7-18(25)22(14)26)23(29)17(24(30)31)11-27(19)20(12-28)13(2)3/h5-7,9-11,20,28H,2,4,8,12H2,1,3H3,(H,30,31)/t20-/m1/s1. The van der Waals surface area contributed by atoms with E-state index in [1.807, 2.05) is 0 Å². The van der Waals surface area contributed by atoms with E-state index in [9.17, 15) is 24.2 Å². The minimum atomic E-state index is -1.39.